The molecule has 1 aromatic heterocycles. The molecule has 0 bridgehead atoms. The summed E-state index contributed by atoms with van der Waals surface area (Å²) in [7, 11) is 0. The molecule has 0 saturated carbocycles. The lowest BCUT2D eigenvalue weighted by atomic mass is 10.1. The number of hydrogen-bond acceptors (Lipinski definition) is 8. The summed E-state index contributed by atoms with van der Waals surface area (Å²) in [5.74, 6) is -1.55. The van der Waals surface area contributed by atoms with E-state index < -0.39 is 23.9 Å². The normalized spacial score (nSPS) is 16.8. The second-order valence-electron chi connectivity index (χ2n) is 9.60. The van der Waals surface area contributed by atoms with Gasteiger partial charge in [-0.25, -0.2) is 5.01 Å². The van der Waals surface area contributed by atoms with Crippen molar-refractivity contribution < 1.29 is 28.8 Å². The molecule has 12 heteroatoms. The summed E-state index contributed by atoms with van der Waals surface area (Å²) in [6, 6.07) is 22.5. The van der Waals surface area contributed by atoms with Crippen LogP contribution in [0, 0.1) is 0 Å². The van der Waals surface area contributed by atoms with Crippen LogP contribution in [0.3, 0.4) is 0 Å². The van der Waals surface area contributed by atoms with Gasteiger partial charge >= 0.3 is 0 Å². The number of ether oxygens (including phenoxy) is 1. The van der Waals surface area contributed by atoms with Crippen molar-refractivity contribution in [1.82, 2.24) is 25.4 Å². The van der Waals surface area contributed by atoms with Gasteiger partial charge in [-0.15, -0.1) is 5.06 Å². The van der Waals surface area contributed by atoms with E-state index in [9.17, 15) is 19.2 Å². The maximum absolute atomic E-state index is 13.1. The van der Waals surface area contributed by atoms with Gasteiger partial charge in [0.05, 0.1) is 24.3 Å². The number of fused-ring (bicyclic) bond motifs is 2. The predicted molar refractivity (Wildman–Crippen MR) is 151 cm³/mol. The zero-order valence-corrected chi connectivity index (χ0v) is 22.9. The number of benzene rings is 3. The van der Waals surface area contributed by atoms with Crippen LogP contribution in [0.25, 0.3) is 10.9 Å². The van der Waals surface area contributed by atoms with Crippen LogP contribution in [0.2, 0.25) is 5.02 Å². The SMILES string of the molecule is O=C(COc1cccc2cccnc12)NN1C(=O)CN(CCON2C(=O)c3ccccc3C2=O)C1c1ccc(Cl)cc1. The molecule has 6 rings (SSSR count). The molecule has 42 heavy (non-hydrogen) atoms. The maximum Gasteiger partial charge on any atom is 0.285 e. The van der Waals surface area contributed by atoms with Gasteiger partial charge in [0, 0.05) is 23.2 Å². The first-order valence-corrected chi connectivity index (χ1v) is 13.5. The van der Waals surface area contributed by atoms with Crippen molar-refractivity contribution in [3.8, 4) is 5.75 Å². The molecule has 1 saturated heterocycles. The van der Waals surface area contributed by atoms with Gasteiger partial charge in [0.25, 0.3) is 23.6 Å². The van der Waals surface area contributed by atoms with Gasteiger partial charge in [-0.1, -0.05) is 54.1 Å². The lowest BCUT2D eigenvalue weighted by Crippen LogP contribution is -2.47. The van der Waals surface area contributed by atoms with E-state index in [4.69, 9.17) is 21.2 Å². The number of rotatable bonds is 9. The highest BCUT2D eigenvalue weighted by Gasteiger charge is 2.41. The van der Waals surface area contributed by atoms with Crippen LogP contribution in [0.1, 0.15) is 32.4 Å². The quantitative estimate of drug-likeness (QED) is 0.297. The Balaban J connectivity index is 1.14. The van der Waals surface area contributed by atoms with E-state index in [1.165, 1.54) is 5.01 Å². The van der Waals surface area contributed by atoms with Crippen molar-refractivity contribution in [2.45, 2.75) is 6.17 Å². The van der Waals surface area contributed by atoms with E-state index in [0.717, 1.165) is 10.4 Å². The van der Waals surface area contributed by atoms with E-state index >= 15 is 0 Å². The number of aromatic nitrogens is 1. The molecule has 1 atom stereocenters. The molecule has 0 aliphatic carbocycles. The lowest BCUT2D eigenvalue weighted by Gasteiger charge is -2.30. The fourth-order valence-corrected chi connectivity index (χ4v) is 5.12. The monoisotopic (exact) mass is 585 g/mol. The number of hydrogen-bond donors (Lipinski definition) is 1. The van der Waals surface area contributed by atoms with E-state index in [1.54, 1.807) is 71.8 Å². The smallest absolute Gasteiger partial charge is 0.285 e. The third-order valence-electron chi connectivity index (χ3n) is 6.92. The number of nitrogens with one attached hydrogen (secondary N) is 1. The minimum absolute atomic E-state index is 0.0485. The van der Waals surface area contributed by atoms with Crippen LogP contribution in [0.5, 0.6) is 5.75 Å². The first-order valence-electron chi connectivity index (χ1n) is 13.1. The number of para-hydroxylation sites is 1. The van der Waals surface area contributed by atoms with Gasteiger partial charge in [0.15, 0.2) is 6.61 Å². The Hall–Kier alpha value is -4.84. The van der Waals surface area contributed by atoms with Gasteiger partial charge in [-0.2, -0.15) is 0 Å². The van der Waals surface area contributed by atoms with Crippen LogP contribution in [-0.4, -0.2) is 69.9 Å². The van der Waals surface area contributed by atoms with E-state index in [-0.39, 0.29) is 43.3 Å². The molecule has 4 aromatic rings. The van der Waals surface area contributed by atoms with Gasteiger partial charge in [0.2, 0.25) is 0 Å². The molecule has 4 amide bonds. The van der Waals surface area contributed by atoms with Crippen LogP contribution in [0.15, 0.2) is 85.1 Å². The molecule has 0 spiro atoms. The summed E-state index contributed by atoms with van der Waals surface area (Å²) in [6.07, 6.45) is 0.936. The van der Waals surface area contributed by atoms with Gasteiger partial charge in [-0.3, -0.25) is 39.3 Å². The van der Waals surface area contributed by atoms with Crippen LogP contribution < -0.4 is 10.2 Å². The summed E-state index contributed by atoms with van der Waals surface area (Å²) < 4.78 is 5.75. The minimum atomic E-state index is -0.705. The highest BCUT2D eigenvalue weighted by atomic mass is 35.5. The molecule has 1 fully saturated rings. The topological polar surface area (TPSA) is 121 Å². The molecule has 212 valence electrons. The van der Waals surface area contributed by atoms with Gasteiger partial charge in [-0.05, 0) is 42.0 Å². The highest BCUT2D eigenvalue weighted by Crippen LogP contribution is 2.30. The lowest BCUT2D eigenvalue weighted by molar-refractivity contribution is -0.141. The molecule has 3 heterocycles. The maximum atomic E-state index is 13.1. The number of hydroxylamine groups is 2. The number of amides is 4. The number of imide groups is 1. The number of carbonyl (C=O) groups is 4. The predicted octanol–water partition coefficient (Wildman–Crippen LogP) is 3.37. The Morgan fingerprint density at radius 3 is 2.38 bits per heavy atom. The zero-order valence-electron chi connectivity index (χ0n) is 22.1. The third-order valence-corrected chi connectivity index (χ3v) is 7.17. The number of pyridine rings is 1. The fraction of sp³-hybridized carbons (Fsp3) is 0.167. The zero-order chi connectivity index (χ0) is 29.2. The van der Waals surface area contributed by atoms with E-state index in [1.807, 2.05) is 18.2 Å². The molecule has 3 aromatic carbocycles. The number of halogens is 1. The molecule has 1 unspecified atom stereocenters. The summed E-state index contributed by atoms with van der Waals surface area (Å²) >= 11 is 6.09. The van der Waals surface area contributed by atoms with Crippen molar-refractivity contribution in [2.75, 3.05) is 26.3 Å². The van der Waals surface area contributed by atoms with Crippen molar-refractivity contribution in [3.05, 3.63) is 107 Å². The van der Waals surface area contributed by atoms with Crippen molar-refractivity contribution in [1.29, 1.82) is 0 Å². The minimum Gasteiger partial charge on any atom is -0.481 e. The van der Waals surface area contributed by atoms with Crippen LogP contribution >= 0.6 is 11.6 Å². The van der Waals surface area contributed by atoms with Crippen molar-refractivity contribution in [3.63, 3.8) is 0 Å². The largest absolute Gasteiger partial charge is 0.481 e. The fourth-order valence-electron chi connectivity index (χ4n) is 4.99. The Labute approximate surface area is 245 Å². The van der Waals surface area contributed by atoms with Gasteiger partial charge < -0.3 is 4.74 Å². The molecule has 2 aliphatic rings. The number of hydrazine groups is 1. The van der Waals surface area contributed by atoms with Crippen LogP contribution in [-0.2, 0) is 14.4 Å². The average molecular weight is 586 g/mol. The molecular formula is C30H24ClN5O6. The second kappa shape index (κ2) is 11.6. The van der Waals surface area contributed by atoms with Crippen molar-refractivity contribution >= 4 is 46.1 Å². The molecule has 0 radical (unpaired) electrons. The Morgan fingerprint density at radius 1 is 0.929 bits per heavy atom. The summed E-state index contributed by atoms with van der Waals surface area (Å²) in [5, 5.41) is 3.35. The number of carbonyl (C=O) groups excluding carboxylic acids is 4. The Bertz CT molecular complexity index is 1660. The van der Waals surface area contributed by atoms with E-state index in [2.05, 4.69) is 10.4 Å². The third kappa shape index (κ3) is 5.28. The van der Waals surface area contributed by atoms with Gasteiger partial charge in [0.1, 0.15) is 17.4 Å². The Morgan fingerprint density at radius 2 is 1.64 bits per heavy atom. The summed E-state index contributed by atoms with van der Waals surface area (Å²) in [5.41, 5.74) is 4.51. The summed E-state index contributed by atoms with van der Waals surface area (Å²) in [4.78, 5) is 63.0. The first kappa shape index (κ1) is 27.3. The molecular weight excluding hydrogens is 562 g/mol. The van der Waals surface area contributed by atoms with E-state index in [0.29, 0.717) is 21.9 Å². The van der Waals surface area contributed by atoms with Crippen LogP contribution in [0.4, 0.5) is 0 Å². The first-order chi connectivity index (χ1) is 20.4. The highest BCUT2D eigenvalue weighted by molar-refractivity contribution is 6.30. The number of nitrogens with zero attached hydrogens (tertiary/aromatic N) is 4. The second-order valence-corrected chi connectivity index (χ2v) is 10.0. The molecule has 2 aliphatic heterocycles. The molecule has 1 N–H and O–H groups in total. The Kier molecular flexibility index (Phi) is 7.53. The van der Waals surface area contributed by atoms with Crippen molar-refractivity contribution in [2.24, 2.45) is 0 Å². The summed E-state index contributed by atoms with van der Waals surface area (Å²) in [6.45, 7) is -0.304. The standard InChI is InChI=1S/C30H24ClN5O6/c31-21-12-10-20(11-13-21)28-34(15-16-42-36-29(39)22-7-1-2-8-23(22)30(36)40)17-26(38)35(28)33-25(37)18-41-24-9-3-5-19-6-4-14-32-27(19)24/h1-14,28H,15-18H2,(H,33,37). The molecule has 11 nitrogen and oxygen atoms in total. The average Bonchev–Trinajstić information content (AvgIpc) is 3.44.